The molecule has 1 amide bonds. The molecule has 7 nitrogen and oxygen atoms in total. The second-order valence-corrected chi connectivity index (χ2v) is 6.59. The Morgan fingerprint density at radius 2 is 1.68 bits per heavy atom. The minimum Gasteiger partial charge on any atom is -0.493 e. The number of anilines is 1. The molecule has 0 radical (unpaired) electrons. The fraction of sp³-hybridized carbons (Fsp3) is 0.429. The van der Waals surface area contributed by atoms with E-state index < -0.39 is 0 Å². The molecule has 7 heteroatoms. The van der Waals surface area contributed by atoms with E-state index in [1.807, 2.05) is 35.2 Å². The molecule has 1 fully saturated rings. The van der Waals surface area contributed by atoms with Gasteiger partial charge in [-0.25, -0.2) is 4.98 Å². The lowest BCUT2D eigenvalue weighted by Crippen LogP contribution is -2.49. The molecule has 1 aromatic heterocycles. The maximum absolute atomic E-state index is 12.7. The molecule has 1 aliphatic heterocycles. The molecule has 1 aromatic carbocycles. The topological polar surface area (TPSA) is 64.1 Å². The zero-order valence-electron chi connectivity index (χ0n) is 16.7. The number of ether oxygens (including phenoxy) is 3. The summed E-state index contributed by atoms with van der Waals surface area (Å²) < 4.78 is 16.1. The average Bonchev–Trinajstić information content (AvgIpc) is 2.77. The maximum Gasteiger partial charge on any atom is 0.223 e. The number of nitrogens with zero attached hydrogens (tertiary/aromatic N) is 3. The third-order valence-electron chi connectivity index (χ3n) is 4.96. The Bertz CT molecular complexity index is 764. The summed E-state index contributed by atoms with van der Waals surface area (Å²) in [4.78, 5) is 21.2. The van der Waals surface area contributed by atoms with Gasteiger partial charge in [-0.1, -0.05) is 6.07 Å². The van der Waals surface area contributed by atoms with Crippen LogP contribution in [0.25, 0.3) is 0 Å². The van der Waals surface area contributed by atoms with Crippen molar-refractivity contribution in [3.63, 3.8) is 0 Å². The van der Waals surface area contributed by atoms with Crippen molar-refractivity contribution in [1.82, 2.24) is 9.88 Å². The smallest absolute Gasteiger partial charge is 0.223 e. The molecule has 1 saturated heterocycles. The van der Waals surface area contributed by atoms with Crippen LogP contribution in [0.2, 0.25) is 0 Å². The van der Waals surface area contributed by atoms with Gasteiger partial charge in [0.15, 0.2) is 11.5 Å². The number of pyridine rings is 1. The molecule has 2 heterocycles. The summed E-state index contributed by atoms with van der Waals surface area (Å²) in [5.41, 5.74) is 0.981. The summed E-state index contributed by atoms with van der Waals surface area (Å²) in [5, 5.41) is 0. The van der Waals surface area contributed by atoms with Crippen LogP contribution >= 0.6 is 0 Å². The van der Waals surface area contributed by atoms with Crippen molar-refractivity contribution in [2.75, 3.05) is 52.4 Å². The Kier molecular flexibility index (Phi) is 6.57. The van der Waals surface area contributed by atoms with Gasteiger partial charge < -0.3 is 24.0 Å². The van der Waals surface area contributed by atoms with E-state index in [4.69, 9.17) is 14.2 Å². The zero-order valence-corrected chi connectivity index (χ0v) is 16.7. The highest BCUT2D eigenvalue weighted by molar-refractivity contribution is 5.77. The van der Waals surface area contributed by atoms with Crippen molar-refractivity contribution >= 4 is 11.7 Å². The maximum atomic E-state index is 12.7. The highest BCUT2D eigenvalue weighted by atomic mass is 16.5. The van der Waals surface area contributed by atoms with E-state index in [2.05, 4.69) is 9.88 Å². The first kappa shape index (κ1) is 19.8. The number of aromatic nitrogens is 1. The van der Waals surface area contributed by atoms with Gasteiger partial charge in [-0.05, 0) is 36.2 Å². The van der Waals surface area contributed by atoms with E-state index in [0.29, 0.717) is 43.2 Å². The van der Waals surface area contributed by atoms with Crippen molar-refractivity contribution in [3.8, 4) is 17.2 Å². The highest BCUT2D eigenvalue weighted by Gasteiger charge is 2.22. The van der Waals surface area contributed by atoms with Crippen molar-refractivity contribution < 1.29 is 19.0 Å². The summed E-state index contributed by atoms with van der Waals surface area (Å²) in [6.45, 7) is 3.02. The Hall–Kier alpha value is -2.96. The first-order chi connectivity index (χ1) is 13.7. The van der Waals surface area contributed by atoms with Gasteiger partial charge in [-0.15, -0.1) is 0 Å². The van der Waals surface area contributed by atoms with Gasteiger partial charge in [-0.3, -0.25) is 4.79 Å². The molecule has 1 aliphatic rings. The summed E-state index contributed by atoms with van der Waals surface area (Å²) >= 11 is 0. The Morgan fingerprint density at radius 1 is 1.00 bits per heavy atom. The third-order valence-corrected chi connectivity index (χ3v) is 4.96. The molecule has 0 bridgehead atoms. The van der Waals surface area contributed by atoms with Crippen molar-refractivity contribution in [3.05, 3.63) is 42.1 Å². The minimum absolute atomic E-state index is 0.162. The fourth-order valence-electron chi connectivity index (χ4n) is 3.41. The van der Waals surface area contributed by atoms with Crippen LogP contribution in [0, 0.1) is 0 Å². The van der Waals surface area contributed by atoms with Crippen molar-refractivity contribution in [2.45, 2.75) is 12.8 Å². The summed E-state index contributed by atoms with van der Waals surface area (Å²) in [6.07, 6.45) is 2.86. The van der Waals surface area contributed by atoms with Crippen LogP contribution < -0.4 is 19.1 Å². The predicted molar refractivity (Wildman–Crippen MR) is 107 cm³/mol. The molecule has 28 heavy (non-hydrogen) atoms. The SMILES string of the molecule is COc1cc(CCC(=O)N2CCN(c3ccccn3)CC2)cc(OC)c1OC. The molecule has 0 atom stereocenters. The average molecular weight is 385 g/mol. The Labute approximate surface area is 165 Å². The molecule has 0 unspecified atom stereocenters. The number of hydrogen-bond acceptors (Lipinski definition) is 6. The van der Waals surface area contributed by atoms with Gasteiger partial charge in [0.05, 0.1) is 21.3 Å². The molecule has 150 valence electrons. The number of rotatable bonds is 7. The molecule has 3 rings (SSSR count). The number of carbonyl (C=O) groups is 1. The van der Waals surface area contributed by atoms with E-state index >= 15 is 0 Å². The van der Waals surface area contributed by atoms with E-state index in [1.165, 1.54) is 0 Å². The number of aryl methyl sites for hydroxylation is 1. The van der Waals surface area contributed by atoms with Crippen LogP contribution in [-0.4, -0.2) is 63.3 Å². The monoisotopic (exact) mass is 385 g/mol. The third kappa shape index (κ3) is 4.47. The number of piperazine rings is 1. The quantitative estimate of drug-likeness (QED) is 0.729. The predicted octanol–water partition coefficient (Wildman–Crippen LogP) is 2.39. The van der Waals surface area contributed by atoms with E-state index in [1.54, 1.807) is 27.5 Å². The molecule has 2 aromatic rings. The second kappa shape index (κ2) is 9.30. The zero-order chi connectivity index (χ0) is 19.9. The van der Waals surface area contributed by atoms with Crippen LogP contribution in [0.1, 0.15) is 12.0 Å². The Morgan fingerprint density at radius 3 is 2.21 bits per heavy atom. The number of amides is 1. The van der Waals surface area contributed by atoms with E-state index in [0.717, 1.165) is 24.5 Å². The van der Waals surface area contributed by atoms with Gasteiger partial charge in [-0.2, -0.15) is 0 Å². The van der Waals surface area contributed by atoms with Gasteiger partial charge >= 0.3 is 0 Å². The molecular formula is C21H27N3O4. The minimum atomic E-state index is 0.162. The second-order valence-electron chi connectivity index (χ2n) is 6.59. The molecule has 0 saturated carbocycles. The van der Waals surface area contributed by atoms with E-state index in [-0.39, 0.29) is 5.91 Å². The molecule has 0 N–H and O–H groups in total. The normalized spacial score (nSPS) is 14.0. The summed E-state index contributed by atoms with van der Waals surface area (Å²) in [7, 11) is 4.76. The lowest BCUT2D eigenvalue weighted by Gasteiger charge is -2.35. The van der Waals surface area contributed by atoms with Crippen molar-refractivity contribution in [2.24, 2.45) is 0 Å². The van der Waals surface area contributed by atoms with Crippen LogP contribution in [0.4, 0.5) is 5.82 Å². The number of benzene rings is 1. The Balaban J connectivity index is 1.56. The molecule has 0 aliphatic carbocycles. The highest BCUT2D eigenvalue weighted by Crippen LogP contribution is 2.38. The van der Waals surface area contributed by atoms with Gasteiger partial charge in [0.1, 0.15) is 5.82 Å². The number of carbonyl (C=O) groups excluding carboxylic acids is 1. The van der Waals surface area contributed by atoms with Crippen LogP contribution in [0.5, 0.6) is 17.2 Å². The van der Waals surface area contributed by atoms with Gasteiger partial charge in [0.2, 0.25) is 11.7 Å². The first-order valence-corrected chi connectivity index (χ1v) is 9.39. The van der Waals surface area contributed by atoms with Crippen molar-refractivity contribution in [1.29, 1.82) is 0 Å². The van der Waals surface area contributed by atoms with Crippen LogP contribution in [0.15, 0.2) is 36.5 Å². The number of hydrogen-bond donors (Lipinski definition) is 0. The van der Waals surface area contributed by atoms with Crippen LogP contribution in [-0.2, 0) is 11.2 Å². The lowest BCUT2D eigenvalue weighted by atomic mass is 10.1. The number of methoxy groups -OCH3 is 3. The lowest BCUT2D eigenvalue weighted by molar-refractivity contribution is -0.131. The summed E-state index contributed by atoms with van der Waals surface area (Å²) in [5.74, 6) is 2.90. The van der Waals surface area contributed by atoms with Crippen LogP contribution in [0.3, 0.4) is 0 Å². The first-order valence-electron chi connectivity index (χ1n) is 9.39. The molecular weight excluding hydrogens is 358 g/mol. The summed E-state index contributed by atoms with van der Waals surface area (Å²) in [6, 6.07) is 9.69. The van der Waals surface area contributed by atoms with E-state index in [9.17, 15) is 4.79 Å². The molecule has 0 spiro atoms. The fourth-order valence-corrected chi connectivity index (χ4v) is 3.41. The van der Waals surface area contributed by atoms with Gasteiger partial charge in [0, 0.05) is 38.8 Å². The standard InChI is InChI=1S/C21H27N3O4/c1-26-17-14-16(15-18(27-2)21(17)28-3)7-8-20(25)24-12-10-23(11-13-24)19-6-4-5-9-22-19/h4-6,9,14-15H,7-8,10-13H2,1-3H3. The largest absolute Gasteiger partial charge is 0.493 e. The van der Waals surface area contributed by atoms with Gasteiger partial charge in [0.25, 0.3) is 0 Å².